The zero-order valence-corrected chi connectivity index (χ0v) is 10.5. The molecule has 17 heavy (non-hydrogen) atoms. The molecule has 0 bridgehead atoms. The average Bonchev–Trinajstić information content (AvgIpc) is 2.30. The second kappa shape index (κ2) is 6.73. The molecule has 0 atom stereocenters. The SMILES string of the molecule is CCOC(=O)CN(C)c1cccc(OCC)n1. The van der Waals surface area contributed by atoms with E-state index in [0.717, 1.165) is 0 Å². The summed E-state index contributed by atoms with van der Waals surface area (Å²) in [5.41, 5.74) is 0. The van der Waals surface area contributed by atoms with Crippen LogP contribution in [0.5, 0.6) is 5.88 Å². The molecule has 0 N–H and O–H groups in total. The van der Waals surface area contributed by atoms with Gasteiger partial charge in [-0.3, -0.25) is 4.79 Å². The van der Waals surface area contributed by atoms with Gasteiger partial charge in [0.25, 0.3) is 0 Å². The van der Waals surface area contributed by atoms with Gasteiger partial charge in [-0.15, -0.1) is 0 Å². The number of likely N-dealkylation sites (N-methyl/N-ethyl adjacent to an activating group) is 1. The highest BCUT2D eigenvalue weighted by Gasteiger charge is 2.09. The normalized spacial score (nSPS) is 9.82. The van der Waals surface area contributed by atoms with Crippen molar-refractivity contribution in [1.82, 2.24) is 4.98 Å². The molecular weight excluding hydrogens is 220 g/mol. The van der Waals surface area contributed by atoms with Crippen LogP contribution in [0.4, 0.5) is 5.82 Å². The van der Waals surface area contributed by atoms with Crippen molar-refractivity contribution in [2.75, 3.05) is 31.7 Å². The van der Waals surface area contributed by atoms with Crippen LogP contribution in [0.15, 0.2) is 18.2 Å². The molecule has 0 aliphatic carbocycles. The Bertz CT molecular complexity index is 369. The van der Waals surface area contributed by atoms with Crippen molar-refractivity contribution in [2.24, 2.45) is 0 Å². The van der Waals surface area contributed by atoms with Crippen molar-refractivity contribution >= 4 is 11.8 Å². The van der Waals surface area contributed by atoms with Crippen LogP contribution < -0.4 is 9.64 Å². The largest absolute Gasteiger partial charge is 0.478 e. The first kappa shape index (κ1) is 13.3. The molecule has 0 unspecified atom stereocenters. The van der Waals surface area contributed by atoms with Gasteiger partial charge in [0, 0.05) is 13.1 Å². The second-order valence-corrected chi connectivity index (χ2v) is 3.43. The molecule has 1 aromatic heterocycles. The van der Waals surface area contributed by atoms with Crippen molar-refractivity contribution in [1.29, 1.82) is 0 Å². The van der Waals surface area contributed by atoms with E-state index in [-0.39, 0.29) is 12.5 Å². The Morgan fingerprint density at radius 1 is 1.35 bits per heavy atom. The lowest BCUT2D eigenvalue weighted by Gasteiger charge is -2.17. The molecule has 5 nitrogen and oxygen atoms in total. The summed E-state index contributed by atoms with van der Waals surface area (Å²) in [7, 11) is 1.79. The second-order valence-electron chi connectivity index (χ2n) is 3.43. The number of aromatic nitrogens is 1. The van der Waals surface area contributed by atoms with E-state index < -0.39 is 0 Å². The fourth-order valence-electron chi connectivity index (χ4n) is 1.33. The Morgan fingerprint density at radius 3 is 2.76 bits per heavy atom. The van der Waals surface area contributed by atoms with E-state index >= 15 is 0 Å². The number of esters is 1. The Balaban J connectivity index is 2.64. The summed E-state index contributed by atoms with van der Waals surface area (Å²) in [6.45, 7) is 4.82. The number of nitrogens with zero attached hydrogens (tertiary/aromatic N) is 2. The summed E-state index contributed by atoms with van der Waals surface area (Å²) in [6, 6.07) is 5.45. The highest BCUT2D eigenvalue weighted by Crippen LogP contribution is 2.14. The smallest absolute Gasteiger partial charge is 0.325 e. The molecule has 0 amide bonds. The quantitative estimate of drug-likeness (QED) is 0.703. The van der Waals surface area contributed by atoms with Crippen LogP contribution >= 0.6 is 0 Å². The number of hydrogen-bond donors (Lipinski definition) is 0. The van der Waals surface area contributed by atoms with E-state index in [1.54, 1.807) is 24.9 Å². The third kappa shape index (κ3) is 4.30. The summed E-state index contributed by atoms with van der Waals surface area (Å²) >= 11 is 0. The van der Waals surface area contributed by atoms with E-state index in [9.17, 15) is 4.79 Å². The Kier molecular flexibility index (Phi) is 5.26. The van der Waals surface area contributed by atoms with Crippen molar-refractivity contribution < 1.29 is 14.3 Å². The predicted molar refractivity (Wildman–Crippen MR) is 65.3 cm³/mol. The molecule has 1 aromatic rings. The minimum atomic E-state index is -0.265. The van der Waals surface area contributed by atoms with Crippen molar-refractivity contribution in [3.8, 4) is 5.88 Å². The van der Waals surface area contributed by atoms with Gasteiger partial charge in [-0.2, -0.15) is 4.98 Å². The number of ether oxygens (including phenoxy) is 2. The number of anilines is 1. The number of rotatable bonds is 6. The highest BCUT2D eigenvalue weighted by molar-refractivity contribution is 5.75. The van der Waals surface area contributed by atoms with Gasteiger partial charge in [-0.05, 0) is 19.9 Å². The van der Waals surface area contributed by atoms with Gasteiger partial charge in [0.2, 0.25) is 5.88 Å². The number of hydrogen-bond acceptors (Lipinski definition) is 5. The van der Waals surface area contributed by atoms with Crippen molar-refractivity contribution in [2.45, 2.75) is 13.8 Å². The zero-order chi connectivity index (χ0) is 12.7. The zero-order valence-electron chi connectivity index (χ0n) is 10.5. The van der Waals surface area contributed by atoms with Gasteiger partial charge in [0.05, 0.1) is 13.2 Å². The molecule has 5 heteroatoms. The number of pyridine rings is 1. The fourth-order valence-corrected chi connectivity index (χ4v) is 1.33. The predicted octanol–water partition coefficient (Wildman–Crippen LogP) is 1.48. The fraction of sp³-hybridized carbons (Fsp3) is 0.500. The summed E-state index contributed by atoms with van der Waals surface area (Å²) in [5, 5.41) is 0. The van der Waals surface area contributed by atoms with E-state index in [0.29, 0.717) is 24.9 Å². The highest BCUT2D eigenvalue weighted by atomic mass is 16.5. The van der Waals surface area contributed by atoms with Crippen molar-refractivity contribution in [3.63, 3.8) is 0 Å². The molecule has 0 aliphatic heterocycles. The van der Waals surface area contributed by atoms with Crippen LogP contribution in [0.3, 0.4) is 0 Å². The molecule has 0 spiro atoms. The van der Waals surface area contributed by atoms with Crippen LogP contribution in [0.2, 0.25) is 0 Å². The maximum atomic E-state index is 11.3. The maximum Gasteiger partial charge on any atom is 0.325 e. The molecular formula is C12H18N2O3. The van der Waals surface area contributed by atoms with Gasteiger partial charge in [0.1, 0.15) is 12.4 Å². The van der Waals surface area contributed by atoms with E-state index in [1.165, 1.54) is 0 Å². The lowest BCUT2D eigenvalue weighted by molar-refractivity contribution is -0.141. The van der Waals surface area contributed by atoms with Crippen LogP contribution in [-0.4, -0.2) is 37.8 Å². The van der Waals surface area contributed by atoms with Crippen LogP contribution in [0.1, 0.15) is 13.8 Å². The average molecular weight is 238 g/mol. The monoisotopic (exact) mass is 238 g/mol. The van der Waals surface area contributed by atoms with Gasteiger partial charge in [-0.1, -0.05) is 6.07 Å². The number of carbonyl (C=O) groups is 1. The molecule has 0 aromatic carbocycles. The third-order valence-electron chi connectivity index (χ3n) is 2.06. The Labute approximate surface area is 101 Å². The molecule has 0 fully saturated rings. The van der Waals surface area contributed by atoms with Crippen LogP contribution in [-0.2, 0) is 9.53 Å². The minimum absolute atomic E-state index is 0.177. The van der Waals surface area contributed by atoms with Crippen LogP contribution in [0.25, 0.3) is 0 Å². The van der Waals surface area contributed by atoms with Crippen molar-refractivity contribution in [3.05, 3.63) is 18.2 Å². The number of carbonyl (C=O) groups excluding carboxylic acids is 1. The van der Waals surface area contributed by atoms with E-state index in [2.05, 4.69) is 4.98 Å². The maximum absolute atomic E-state index is 11.3. The third-order valence-corrected chi connectivity index (χ3v) is 2.06. The topological polar surface area (TPSA) is 51.7 Å². The molecule has 94 valence electrons. The van der Waals surface area contributed by atoms with Crippen LogP contribution in [0, 0.1) is 0 Å². The first-order valence-electron chi connectivity index (χ1n) is 5.64. The van der Waals surface area contributed by atoms with Gasteiger partial charge < -0.3 is 14.4 Å². The summed E-state index contributed by atoms with van der Waals surface area (Å²) in [4.78, 5) is 17.3. The molecule has 0 radical (unpaired) electrons. The molecule has 1 heterocycles. The van der Waals surface area contributed by atoms with E-state index in [1.807, 2.05) is 19.1 Å². The molecule has 1 rings (SSSR count). The molecule has 0 saturated carbocycles. The van der Waals surface area contributed by atoms with Gasteiger partial charge in [-0.25, -0.2) is 0 Å². The molecule has 0 aliphatic rings. The standard InChI is InChI=1S/C12H18N2O3/c1-4-16-11-8-6-7-10(13-11)14(3)9-12(15)17-5-2/h6-8H,4-5,9H2,1-3H3. The van der Waals surface area contributed by atoms with Gasteiger partial charge >= 0.3 is 5.97 Å². The lowest BCUT2D eigenvalue weighted by Crippen LogP contribution is -2.27. The van der Waals surface area contributed by atoms with E-state index in [4.69, 9.17) is 9.47 Å². The summed E-state index contributed by atoms with van der Waals surface area (Å²) in [5.74, 6) is 0.975. The first-order valence-corrected chi connectivity index (χ1v) is 5.64. The summed E-state index contributed by atoms with van der Waals surface area (Å²) < 4.78 is 10.2. The minimum Gasteiger partial charge on any atom is -0.478 e. The molecule has 0 saturated heterocycles. The van der Waals surface area contributed by atoms with Gasteiger partial charge in [0.15, 0.2) is 0 Å². The Morgan fingerprint density at radius 2 is 2.12 bits per heavy atom. The first-order chi connectivity index (χ1) is 8.17. The lowest BCUT2D eigenvalue weighted by atomic mass is 10.4. The Hall–Kier alpha value is -1.78. The summed E-state index contributed by atoms with van der Waals surface area (Å²) in [6.07, 6.45) is 0.